The standard InChI is InChI=1S/C23H26FN5O6/c24-15-4-2-14(3-5-15)22(31)27-12-1-13-28(23(32)18-10-11-19(35-18)29(33)34)21(27)20(30)26-17-8-6-16(25)7-9-17/h2-5,10-11,16-17,21H,1,6-9,12-13,25H2,(H,26,30). The Hall–Kier alpha value is -3.80. The molecule has 2 aliphatic rings. The maximum absolute atomic E-state index is 13.5. The van der Waals surface area contributed by atoms with Gasteiger partial charge in [-0.1, -0.05) is 0 Å². The average molecular weight is 487 g/mol. The van der Waals surface area contributed by atoms with Crippen LogP contribution in [0.4, 0.5) is 10.3 Å². The van der Waals surface area contributed by atoms with Crippen molar-refractivity contribution < 1.29 is 28.1 Å². The lowest BCUT2D eigenvalue weighted by Crippen LogP contribution is -2.64. The van der Waals surface area contributed by atoms with Crippen LogP contribution < -0.4 is 11.1 Å². The summed E-state index contributed by atoms with van der Waals surface area (Å²) in [6.07, 6.45) is 1.88. The fourth-order valence-corrected chi connectivity index (χ4v) is 4.51. The number of rotatable bonds is 5. The number of nitrogens with zero attached hydrogens (tertiary/aromatic N) is 3. The third-order valence-corrected chi connectivity index (χ3v) is 6.34. The monoisotopic (exact) mass is 487 g/mol. The van der Waals surface area contributed by atoms with Crippen LogP contribution in [0.3, 0.4) is 0 Å². The van der Waals surface area contributed by atoms with E-state index in [0.717, 1.165) is 31.0 Å². The number of halogens is 1. The van der Waals surface area contributed by atoms with Gasteiger partial charge in [0, 0.05) is 30.7 Å². The van der Waals surface area contributed by atoms with Gasteiger partial charge in [-0.3, -0.25) is 24.5 Å². The molecule has 1 saturated heterocycles. The average Bonchev–Trinajstić information content (AvgIpc) is 3.35. The van der Waals surface area contributed by atoms with Crippen LogP contribution in [-0.2, 0) is 4.79 Å². The summed E-state index contributed by atoms with van der Waals surface area (Å²) in [6.45, 7) is 0.320. The Labute approximate surface area is 200 Å². The van der Waals surface area contributed by atoms with Crippen molar-refractivity contribution >= 4 is 23.6 Å². The lowest BCUT2D eigenvalue weighted by atomic mass is 9.91. The van der Waals surface area contributed by atoms with Crippen molar-refractivity contribution in [2.24, 2.45) is 5.73 Å². The van der Waals surface area contributed by atoms with Crippen LogP contribution in [0.15, 0.2) is 40.8 Å². The maximum atomic E-state index is 13.5. The van der Waals surface area contributed by atoms with Crippen LogP contribution in [0.5, 0.6) is 0 Å². The number of hydrogen-bond donors (Lipinski definition) is 2. The van der Waals surface area contributed by atoms with E-state index in [1.54, 1.807) is 0 Å². The van der Waals surface area contributed by atoms with Gasteiger partial charge in [-0.15, -0.1) is 0 Å². The van der Waals surface area contributed by atoms with Gasteiger partial charge in [-0.2, -0.15) is 0 Å². The minimum Gasteiger partial charge on any atom is -0.395 e. The van der Waals surface area contributed by atoms with Gasteiger partial charge in [0.05, 0.1) is 6.07 Å². The van der Waals surface area contributed by atoms with E-state index in [2.05, 4.69) is 5.32 Å². The van der Waals surface area contributed by atoms with Crippen LogP contribution in [0, 0.1) is 15.9 Å². The van der Waals surface area contributed by atoms with Gasteiger partial charge in [0.25, 0.3) is 17.7 Å². The van der Waals surface area contributed by atoms with E-state index in [-0.39, 0.29) is 36.5 Å². The predicted octanol–water partition coefficient (Wildman–Crippen LogP) is 2.03. The maximum Gasteiger partial charge on any atom is 0.433 e. The number of amides is 3. The molecule has 1 unspecified atom stereocenters. The van der Waals surface area contributed by atoms with Crippen molar-refractivity contribution in [3.63, 3.8) is 0 Å². The second-order valence-corrected chi connectivity index (χ2v) is 8.75. The molecule has 0 spiro atoms. The van der Waals surface area contributed by atoms with Crippen molar-refractivity contribution in [1.82, 2.24) is 15.1 Å². The number of benzene rings is 1. The SMILES string of the molecule is NC1CCC(NC(=O)C2N(C(=O)c3ccc(F)cc3)CCCN2C(=O)c2ccc([N+](=O)[O-])o2)CC1. The highest BCUT2D eigenvalue weighted by atomic mass is 19.1. The van der Waals surface area contributed by atoms with Gasteiger partial charge in [0.1, 0.15) is 10.7 Å². The minimum absolute atomic E-state index is 0.0715. The topological polar surface area (TPSA) is 152 Å². The molecule has 2 aromatic rings. The quantitative estimate of drug-likeness (QED) is 0.483. The highest BCUT2D eigenvalue weighted by molar-refractivity contribution is 6.00. The zero-order valence-electron chi connectivity index (χ0n) is 18.9. The molecule has 1 aromatic carbocycles. The van der Waals surface area contributed by atoms with Crippen LogP contribution in [0.2, 0.25) is 0 Å². The van der Waals surface area contributed by atoms with Crippen LogP contribution in [0.1, 0.15) is 53.0 Å². The fraction of sp³-hybridized carbons (Fsp3) is 0.435. The highest BCUT2D eigenvalue weighted by Crippen LogP contribution is 2.25. The van der Waals surface area contributed by atoms with E-state index < -0.39 is 40.5 Å². The molecule has 12 heteroatoms. The lowest BCUT2D eigenvalue weighted by Gasteiger charge is -2.43. The Morgan fingerprint density at radius 1 is 1.00 bits per heavy atom. The van der Waals surface area contributed by atoms with Crippen molar-refractivity contribution in [2.45, 2.75) is 50.4 Å². The second kappa shape index (κ2) is 10.2. The number of nitrogens with one attached hydrogen (secondary N) is 1. The Morgan fingerprint density at radius 3 is 2.23 bits per heavy atom. The van der Waals surface area contributed by atoms with E-state index in [0.29, 0.717) is 19.3 Å². The summed E-state index contributed by atoms with van der Waals surface area (Å²) < 4.78 is 18.5. The summed E-state index contributed by atoms with van der Waals surface area (Å²) in [5.41, 5.74) is 6.12. The van der Waals surface area contributed by atoms with Gasteiger partial charge in [-0.05, 0) is 62.4 Å². The van der Waals surface area contributed by atoms with Gasteiger partial charge in [-0.25, -0.2) is 4.39 Å². The Morgan fingerprint density at radius 2 is 1.63 bits per heavy atom. The number of hydrogen-bond acceptors (Lipinski definition) is 7. The smallest absolute Gasteiger partial charge is 0.395 e. The number of carbonyl (C=O) groups is 3. The third kappa shape index (κ3) is 5.32. The molecule has 3 amide bonds. The summed E-state index contributed by atoms with van der Waals surface area (Å²) in [5, 5.41) is 13.9. The van der Waals surface area contributed by atoms with Crippen LogP contribution in [0.25, 0.3) is 0 Å². The van der Waals surface area contributed by atoms with E-state index in [1.807, 2.05) is 0 Å². The molecule has 186 valence electrons. The van der Waals surface area contributed by atoms with Crippen LogP contribution in [-0.4, -0.2) is 63.8 Å². The van der Waals surface area contributed by atoms with Crippen LogP contribution >= 0.6 is 0 Å². The zero-order chi connectivity index (χ0) is 25.1. The third-order valence-electron chi connectivity index (χ3n) is 6.34. The normalized spacial score (nSPS) is 22.5. The predicted molar refractivity (Wildman–Crippen MR) is 121 cm³/mol. The summed E-state index contributed by atoms with van der Waals surface area (Å²) in [7, 11) is 0. The number of carbonyl (C=O) groups excluding carboxylic acids is 3. The first kappa shape index (κ1) is 24.3. The van der Waals surface area contributed by atoms with E-state index in [1.165, 1.54) is 28.0 Å². The van der Waals surface area contributed by atoms with E-state index in [4.69, 9.17) is 10.2 Å². The molecule has 1 aromatic heterocycles. The Bertz CT molecular complexity index is 1110. The van der Waals surface area contributed by atoms with Crippen molar-refractivity contribution in [2.75, 3.05) is 13.1 Å². The Kier molecular flexibility index (Phi) is 7.10. The summed E-state index contributed by atoms with van der Waals surface area (Å²) in [4.78, 5) is 52.7. The number of nitro groups is 1. The molecule has 2 heterocycles. The summed E-state index contributed by atoms with van der Waals surface area (Å²) >= 11 is 0. The van der Waals surface area contributed by atoms with Crippen molar-refractivity contribution in [3.8, 4) is 0 Å². The molecule has 2 fully saturated rings. The molecule has 35 heavy (non-hydrogen) atoms. The van der Waals surface area contributed by atoms with Gasteiger partial charge >= 0.3 is 5.88 Å². The number of furan rings is 1. The van der Waals surface area contributed by atoms with Gasteiger partial charge < -0.3 is 25.3 Å². The molecule has 11 nitrogen and oxygen atoms in total. The first-order valence-electron chi connectivity index (χ1n) is 11.4. The first-order chi connectivity index (χ1) is 16.7. The Balaban J connectivity index is 1.63. The molecule has 1 saturated carbocycles. The second-order valence-electron chi connectivity index (χ2n) is 8.75. The highest BCUT2D eigenvalue weighted by Gasteiger charge is 2.42. The summed E-state index contributed by atoms with van der Waals surface area (Å²) in [6, 6.07) is 7.04. The number of nitrogens with two attached hydrogens (primary N) is 1. The molecular weight excluding hydrogens is 461 g/mol. The van der Waals surface area contributed by atoms with E-state index in [9.17, 15) is 28.9 Å². The molecular formula is C23H26FN5O6. The fourth-order valence-electron chi connectivity index (χ4n) is 4.51. The molecule has 4 rings (SSSR count). The first-order valence-corrected chi connectivity index (χ1v) is 11.4. The van der Waals surface area contributed by atoms with Crippen molar-refractivity contribution in [1.29, 1.82) is 0 Å². The molecule has 3 N–H and O–H groups in total. The molecule has 1 aliphatic carbocycles. The van der Waals surface area contributed by atoms with Crippen molar-refractivity contribution in [3.05, 3.63) is 63.7 Å². The van der Waals surface area contributed by atoms with E-state index >= 15 is 0 Å². The molecule has 1 atom stereocenters. The lowest BCUT2D eigenvalue weighted by molar-refractivity contribution is -0.402. The molecule has 0 bridgehead atoms. The zero-order valence-corrected chi connectivity index (χ0v) is 18.9. The molecule has 1 aliphatic heterocycles. The summed E-state index contributed by atoms with van der Waals surface area (Å²) in [5.74, 6) is -3.27. The van der Waals surface area contributed by atoms with Gasteiger partial charge in [0.2, 0.25) is 0 Å². The van der Waals surface area contributed by atoms with Gasteiger partial charge in [0.15, 0.2) is 11.9 Å². The largest absolute Gasteiger partial charge is 0.433 e. The minimum atomic E-state index is -1.31. The molecule has 0 radical (unpaired) electrons.